The molecular formula is C36H37N3O5. The molecule has 1 saturated carbocycles. The van der Waals surface area contributed by atoms with Crippen molar-refractivity contribution < 1.29 is 23.9 Å². The SMILES string of the molecule is C[C@H](c1ccccc1)N1C(=O)[C@H]2[C@H](C(=O)Nc3ccc(Oc4ccccc4)cc3)[C@H]3C=C[C@@]2(O3)[C@@H]1C(=O)NC1CCCCC1. The van der Waals surface area contributed by atoms with Crippen molar-refractivity contribution in [2.24, 2.45) is 11.8 Å². The zero-order valence-electron chi connectivity index (χ0n) is 24.7. The Labute approximate surface area is 257 Å². The number of ether oxygens (including phenoxy) is 2. The summed E-state index contributed by atoms with van der Waals surface area (Å²) in [5, 5.41) is 6.25. The minimum atomic E-state index is -1.21. The number of para-hydroxylation sites is 1. The van der Waals surface area contributed by atoms with Crippen molar-refractivity contribution in [1.29, 1.82) is 0 Å². The first-order valence-electron chi connectivity index (χ1n) is 15.6. The van der Waals surface area contributed by atoms with Gasteiger partial charge in [-0.2, -0.15) is 0 Å². The zero-order chi connectivity index (χ0) is 30.3. The molecule has 1 aliphatic carbocycles. The monoisotopic (exact) mass is 591 g/mol. The molecule has 0 radical (unpaired) electrons. The van der Waals surface area contributed by atoms with Gasteiger partial charge >= 0.3 is 0 Å². The number of anilines is 1. The van der Waals surface area contributed by atoms with Gasteiger partial charge in [0.2, 0.25) is 17.7 Å². The van der Waals surface area contributed by atoms with Gasteiger partial charge in [-0.3, -0.25) is 14.4 Å². The number of rotatable bonds is 8. The van der Waals surface area contributed by atoms with Crippen LogP contribution in [0.15, 0.2) is 97.1 Å². The lowest BCUT2D eigenvalue weighted by Crippen LogP contribution is -2.56. The fraction of sp³-hybridized carbons (Fsp3) is 0.361. The van der Waals surface area contributed by atoms with Crippen molar-refractivity contribution >= 4 is 23.4 Å². The number of nitrogens with zero attached hydrogens (tertiary/aromatic N) is 1. The van der Waals surface area contributed by atoms with E-state index in [0.29, 0.717) is 11.4 Å². The molecule has 2 N–H and O–H groups in total. The van der Waals surface area contributed by atoms with Gasteiger partial charge in [-0.15, -0.1) is 0 Å². The molecule has 7 rings (SSSR count). The average molecular weight is 592 g/mol. The van der Waals surface area contributed by atoms with E-state index in [4.69, 9.17) is 9.47 Å². The molecule has 8 nitrogen and oxygen atoms in total. The van der Waals surface area contributed by atoms with Crippen LogP contribution in [0.25, 0.3) is 0 Å². The van der Waals surface area contributed by atoms with Crippen LogP contribution in [0.3, 0.4) is 0 Å². The Morgan fingerprint density at radius 3 is 2.25 bits per heavy atom. The van der Waals surface area contributed by atoms with Crippen molar-refractivity contribution in [3.05, 3.63) is 103 Å². The highest BCUT2D eigenvalue weighted by Gasteiger charge is 2.73. The van der Waals surface area contributed by atoms with E-state index in [-0.39, 0.29) is 29.8 Å². The maximum Gasteiger partial charge on any atom is 0.246 e. The van der Waals surface area contributed by atoms with Gasteiger partial charge in [0.05, 0.1) is 24.0 Å². The highest BCUT2D eigenvalue weighted by molar-refractivity contribution is 6.03. The number of likely N-dealkylation sites (tertiary alicyclic amines) is 1. The standard InChI is InChI=1S/C36H37N3O5/c1-23(24-11-5-2-6-12-24)39-32(34(41)38-25-13-7-3-8-14-25)36-22-21-29(44-36)30(31(36)35(39)42)33(40)37-26-17-19-28(20-18-26)43-27-15-9-4-10-16-27/h2,4-6,9-12,15-23,25,29-32H,3,7-8,13-14H2,1H3,(H,37,40)(H,38,41)/t23-,29-,30-,31-,32+,36+/m1/s1. The molecule has 3 fully saturated rings. The van der Waals surface area contributed by atoms with E-state index in [9.17, 15) is 14.4 Å². The van der Waals surface area contributed by atoms with Gasteiger partial charge < -0.3 is 25.0 Å². The molecule has 2 saturated heterocycles. The highest BCUT2D eigenvalue weighted by atomic mass is 16.5. The van der Waals surface area contributed by atoms with Crippen molar-refractivity contribution in [3.8, 4) is 11.5 Å². The molecule has 3 aromatic rings. The molecule has 4 aliphatic rings. The Morgan fingerprint density at radius 1 is 0.886 bits per heavy atom. The number of carbonyl (C=O) groups is 3. The van der Waals surface area contributed by atoms with Crippen LogP contribution in [0.5, 0.6) is 11.5 Å². The van der Waals surface area contributed by atoms with Gasteiger partial charge in [-0.1, -0.05) is 79.9 Å². The van der Waals surface area contributed by atoms with Crippen molar-refractivity contribution in [3.63, 3.8) is 0 Å². The molecule has 2 bridgehead atoms. The zero-order valence-corrected chi connectivity index (χ0v) is 24.7. The number of hydrogen-bond donors (Lipinski definition) is 2. The Morgan fingerprint density at radius 2 is 1.55 bits per heavy atom. The molecule has 44 heavy (non-hydrogen) atoms. The number of nitrogens with one attached hydrogen (secondary N) is 2. The van der Waals surface area contributed by atoms with Crippen LogP contribution < -0.4 is 15.4 Å². The summed E-state index contributed by atoms with van der Waals surface area (Å²) < 4.78 is 12.4. The number of fused-ring (bicyclic) bond motifs is 1. The highest BCUT2D eigenvalue weighted by Crippen LogP contribution is 2.56. The molecule has 8 heteroatoms. The van der Waals surface area contributed by atoms with Crippen LogP contribution in [0.4, 0.5) is 5.69 Å². The summed E-state index contributed by atoms with van der Waals surface area (Å²) >= 11 is 0. The molecule has 6 atom stereocenters. The van der Waals surface area contributed by atoms with E-state index in [1.165, 1.54) is 6.42 Å². The molecule has 3 amide bonds. The first-order chi connectivity index (χ1) is 21.4. The molecule has 3 aromatic carbocycles. The minimum Gasteiger partial charge on any atom is -0.457 e. The summed E-state index contributed by atoms with van der Waals surface area (Å²) in [6.07, 6.45) is 8.30. The van der Waals surface area contributed by atoms with Gasteiger partial charge in [0.15, 0.2) is 0 Å². The molecule has 226 valence electrons. The topological polar surface area (TPSA) is 97.0 Å². The summed E-state index contributed by atoms with van der Waals surface area (Å²) in [6.45, 7) is 1.94. The largest absolute Gasteiger partial charge is 0.457 e. The van der Waals surface area contributed by atoms with E-state index in [2.05, 4.69) is 10.6 Å². The predicted molar refractivity (Wildman–Crippen MR) is 166 cm³/mol. The number of benzene rings is 3. The van der Waals surface area contributed by atoms with E-state index in [1.54, 1.807) is 29.2 Å². The van der Waals surface area contributed by atoms with E-state index >= 15 is 0 Å². The molecule has 3 heterocycles. The average Bonchev–Trinajstić information content (AvgIpc) is 3.70. The van der Waals surface area contributed by atoms with Gasteiger partial charge in [-0.25, -0.2) is 0 Å². The van der Waals surface area contributed by atoms with Crippen LogP contribution in [0.1, 0.15) is 50.6 Å². The molecule has 3 aliphatic heterocycles. The van der Waals surface area contributed by atoms with Crippen LogP contribution >= 0.6 is 0 Å². The molecular weight excluding hydrogens is 554 g/mol. The van der Waals surface area contributed by atoms with Crippen LogP contribution in [-0.4, -0.2) is 46.4 Å². The number of amides is 3. The number of carbonyl (C=O) groups excluding carboxylic acids is 3. The second-order valence-electron chi connectivity index (χ2n) is 12.3. The minimum absolute atomic E-state index is 0.0752. The van der Waals surface area contributed by atoms with Crippen LogP contribution in [-0.2, 0) is 19.1 Å². The summed E-state index contributed by atoms with van der Waals surface area (Å²) in [4.78, 5) is 44.1. The Hall–Kier alpha value is -4.43. The van der Waals surface area contributed by atoms with Gasteiger partial charge in [0.1, 0.15) is 23.1 Å². The van der Waals surface area contributed by atoms with Gasteiger partial charge in [-0.05, 0) is 61.7 Å². The molecule has 1 spiro atoms. The number of hydrogen-bond acceptors (Lipinski definition) is 5. The molecule has 0 unspecified atom stereocenters. The first kappa shape index (κ1) is 28.3. The van der Waals surface area contributed by atoms with Crippen molar-refractivity contribution in [1.82, 2.24) is 10.2 Å². The Balaban J connectivity index is 1.15. The summed E-state index contributed by atoms with van der Waals surface area (Å²) in [7, 11) is 0. The lowest BCUT2D eigenvalue weighted by Gasteiger charge is -2.37. The summed E-state index contributed by atoms with van der Waals surface area (Å²) in [5.74, 6) is -0.979. The van der Waals surface area contributed by atoms with Crippen molar-refractivity contribution in [2.75, 3.05) is 5.32 Å². The van der Waals surface area contributed by atoms with Crippen LogP contribution in [0.2, 0.25) is 0 Å². The maximum atomic E-state index is 14.4. The quantitative estimate of drug-likeness (QED) is 0.324. The van der Waals surface area contributed by atoms with Crippen molar-refractivity contribution in [2.45, 2.75) is 68.9 Å². The summed E-state index contributed by atoms with van der Waals surface area (Å²) in [6, 6.07) is 25.1. The first-order valence-corrected chi connectivity index (χ1v) is 15.6. The predicted octanol–water partition coefficient (Wildman–Crippen LogP) is 5.78. The summed E-state index contributed by atoms with van der Waals surface area (Å²) in [5.41, 5.74) is 0.298. The lowest BCUT2D eigenvalue weighted by molar-refractivity contribution is -0.143. The fourth-order valence-corrected chi connectivity index (χ4v) is 7.50. The van der Waals surface area contributed by atoms with Gasteiger partial charge in [0, 0.05) is 11.7 Å². The maximum absolute atomic E-state index is 14.4. The Kier molecular flexibility index (Phi) is 7.46. The van der Waals surface area contributed by atoms with E-state index in [0.717, 1.165) is 37.0 Å². The molecule has 0 aromatic heterocycles. The van der Waals surface area contributed by atoms with Crippen LogP contribution in [0, 0.1) is 11.8 Å². The smallest absolute Gasteiger partial charge is 0.246 e. The fourth-order valence-electron chi connectivity index (χ4n) is 7.50. The van der Waals surface area contributed by atoms with E-state index < -0.39 is 29.6 Å². The second-order valence-corrected chi connectivity index (χ2v) is 12.3. The van der Waals surface area contributed by atoms with Gasteiger partial charge in [0.25, 0.3) is 0 Å². The normalized spacial score (nSPS) is 28.0. The lowest BCUT2D eigenvalue weighted by atomic mass is 9.74. The third-order valence-electron chi connectivity index (χ3n) is 9.61. The second kappa shape index (κ2) is 11.6. The third kappa shape index (κ3) is 4.97. The third-order valence-corrected chi connectivity index (χ3v) is 9.61. The van der Waals surface area contributed by atoms with E-state index in [1.807, 2.05) is 79.7 Å². The Bertz CT molecular complexity index is 1550.